The molecular formula is C13H22F2N4. The van der Waals surface area contributed by atoms with Crippen LogP contribution in [0.1, 0.15) is 19.8 Å². The van der Waals surface area contributed by atoms with Crippen molar-refractivity contribution in [1.82, 2.24) is 9.88 Å². The Bertz CT molecular complexity index is 396. The minimum absolute atomic E-state index is 0.0830. The molecule has 1 aromatic rings. The second-order valence-corrected chi connectivity index (χ2v) is 4.62. The van der Waals surface area contributed by atoms with Crippen LogP contribution in [-0.2, 0) is 0 Å². The van der Waals surface area contributed by atoms with Crippen LogP contribution in [0.3, 0.4) is 0 Å². The fraction of sp³-hybridized carbons (Fsp3) is 0.615. The van der Waals surface area contributed by atoms with E-state index in [0.29, 0.717) is 13.1 Å². The van der Waals surface area contributed by atoms with Crippen molar-refractivity contribution in [3.8, 4) is 0 Å². The number of hydrogen-bond donors (Lipinski definition) is 2. The van der Waals surface area contributed by atoms with E-state index < -0.39 is 11.6 Å². The molecule has 0 bridgehead atoms. The smallest absolute Gasteiger partial charge is 0.168 e. The zero-order chi connectivity index (χ0) is 14.3. The minimum atomic E-state index is -0.669. The first-order chi connectivity index (χ1) is 9.04. The first kappa shape index (κ1) is 15.6. The van der Waals surface area contributed by atoms with Crippen LogP contribution in [0.5, 0.6) is 0 Å². The van der Waals surface area contributed by atoms with Gasteiger partial charge in [-0.3, -0.25) is 0 Å². The standard InChI is InChI=1S/C13H22F2N4/c1-4-16-12-10(14)9-11(15)13(18-12)17-7-5-6-8-19(2)3/h9H,4-8H2,1-3H3,(H2,16,17,18). The zero-order valence-electron chi connectivity index (χ0n) is 11.8. The molecule has 0 aliphatic heterocycles. The van der Waals surface area contributed by atoms with Gasteiger partial charge in [0.2, 0.25) is 0 Å². The van der Waals surface area contributed by atoms with Gasteiger partial charge in [0.25, 0.3) is 0 Å². The average molecular weight is 272 g/mol. The number of anilines is 2. The Morgan fingerprint density at radius 2 is 1.74 bits per heavy atom. The molecule has 0 saturated heterocycles. The summed E-state index contributed by atoms with van der Waals surface area (Å²) in [6.07, 6.45) is 1.93. The van der Waals surface area contributed by atoms with E-state index in [1.165, 1.54) is 0 Å². The molecule has 0 aliphatic rings. The van der Waals surface area contributed by atoms with Gasteiger partial charge in [0.05, 0.1) is 0 Å². The molecule has 0 spiro atoms. The molecule has 19 heavy (non-hydrogen) atoms. The predicted molar refractivity (Wildman–Crippen MR) is 74.6 cm³/mol. The highest BCUT2D eigenvalue weighted by molar-refractivity contribution is 5.47. The highest BCUT2D eigenvalue weighted by Gasteiger charge is 2.10. The second-order valence-electron chi connectivity index (χ2n) is 4.62. The SMILES string of the molecule is CCNc1nc(NCCCCN(C)C)c(F)cc1F. The molecule has 0 aromatic carbocycles. The van der Waals surface area contributed by atoms with Crippen LogP contribution in [-0.4, -0.2) is 43.6 Å². The number of hydrogen-bond acceptors (Lipinski definition) is 4. The lowest BCUT2D eigenvalue weighted by Gasteiger charge is -2.11. The van der Waals surface area contributed by atoms with E-state index in [1.54, 1.807) is 0 Å². The summed E-state index contributed by atoms with van der Waals surface area (Å²) in [5.41, 5.74) is 0. The van der Waals surface area contributed by atoms with E-state index in [4.69, 9.17) is 0 Å². The van der Waals surface area contributed by atoms with E-state index in [1.807, 2.05) is 21.0 Å². The highest BCUT2D eigenvalue weighted by Crippen LogP contribution is 2.18. The van der Waals surface area contributed by atoms with Crippen molar-refractivity contribution in [2.24, 2.45) is 0 Å². The summed E-state index contributed by atoms with van der Waals surface area (Å²) in [6, 6.07) is 0.854. The molecule has 2 N–H and O–H groups in total. The Morgan fingerprint density at radius 3 is 2.32 bits per heavy atom. The van der Waals surface area contributed by atoms with Crippen LogP contribution in [0.25, 0.3) is 0 Å². The van der Waals surface area contributed by atoms with Gasteiger partial charge in [0.15, 0.2) is 23.3 Å². The van der Waals surface area contributed by atoms with Crippen molar-refractivity contribution in [3.05, 3.63) is 17.7 Å². The van der Waals surface area contributed by atoms with Crippen molar-refractivity contribution in [2.45, 2.75) is 19.8 Å². The summed E-state index contributed by atoms with van der Waals surface area (Å²) in [4.78, 5) is 6.01. The molecule has 0 atom stereocenters. The minimum Gasteiger partial charge on any atom is -0.368 e. The molecular weight excluding hydrogens is 250 g/mol. The Morgan fingerprint density at radius 1 is 1.11 bits per heavy atom. The molecule has 0 saturated carbocycles. The average Bonchev–Trinajstić information content (AvgIpc) is 2.33. The largest absolute Gasteiger partial charge is 0.368 e. The number of nitrogens with zero attached hydrogens (tertiary/aromatic N) is 2. The van der Waals surface area contributed by atoms with Gasteiger partial charge < -0.3 is 15.5 Å². The fourth-order valence-electron chi connectivity index (χ4n) is 1.64. The molecule has 4 nitrogen and oxygen atoms in total. The van der Waals surface area contributed by atoms with E-state index >= 15 is 0 Å². The summed E-state index contributed by atoms with van der Waals surface area (Å²) in [5, 5.41) is 5.66. The van der Waals surface area contributed by atoms with Crippen molar-refractivity contribution in [1.29, 1.82) is 0 Å². The van der Waals surface area contributed by atoms with E-state index in [9.17, 15) is 8.78 Å². The number of nitrogens with one attached hydrogen (secondary N) is 2. The monoisotopic (exact) mass is 272 g/mol. The number of pyridine rings is 1. The zero-order valence-corrected chi connectivity index (χ0v) is 11.8. The summed E-state index contributed by atoms with van der Waals surface area (Å²) >= 11 is 0. The third-order valence-corrected chi connectivity index (χ3v) is 2.60. The molecule has 6 heteroatoms. The first-order valence-corrected chi connectivity index (χ1v) is 6.53. The molecule has 1 rings (SSSR count). The Balaban J connectivity index is 2.50. The summed E-state index contributed by atoms with van der Waals surface area (Å²) in [7, 11) is 4.02. The number of unbranched alkanes of at least 4 members (excludes halogenated alkanes) is 1. The molecule has 0 fully saturated rings. The van der Waals surface area contributed by atoms with Gasteiger partial charge in [0, 0.05) is 19.2 Å². The maximum atomic E-state index is 13.5. The van der Waals surface area contributed by atoms with Crippen LogP contribution >= 0.6 is 0 Å². The predicted octanol–water partition coefficient (Wildman–Crippen LogP) is 2.55. The van der Waals surface area contributed by atoms with Crippen molar-refractivity contribution in [2.75, 3.05) is 44.4 Å². The molecule has 1 aromatic heterocycles. The number of aromatic nitrogens is 1. The van der Waals surface area contributed by atoms with Gasteiger partial charge in [-0.25, -0.2) is 13.8 Å². The van der Waals surface area contributed by atoms with Gasteiger partial charge in [-0.1, -0.05) is 0 Å². The third kappa shape index (κ3) is 5.38. The summed E-state index contributed by atoms with van der Waals surface area (Å²) in [5.74, 6) is -1.15. The Labute approximate surface area is 113 Å². The van der Waals surface area contributed by atoms with E-state index in [0.717, 1.165) is 25.5 Å². The lowest BCUT2D eigenvalue weighted by molar-refractivity contribution is 0.396. The molecule has 108 valence electrons. The Hall–Kier alpha value is -1.43. The van der Waals surface area contributed by atoms with Crippen LogP contribution < -0.4 is 10.6 Å². The van der Waals surface area contributed by atoms with Crippen LogP contribution in [0, 0.1) is 11.6 Å². The van der Waals surface area contributed by atoms with Gasteiger partial charge in [-0.05, 0) is 40.4 Å². The van der Waals surface area contributed by atoms with E-state index in [-0.39, 0.29) is 11.6 Å². The number of halogens is 2. The molecule has 0 radical (unpaired) electrons. The molecule has 0 unspecified atom stereocenters. The lowest BCUT2D eigenvalue weighted by Crippen LogP contribution is -2.15. The van der Waals surface area contributed by atoms with Crippen LogP contribution in [0.15, 0.2) is 6.07 Å². The van der Waals surface area contributed by atoms with Crippen LogP contribution in [0.2, 0.25) is 0 Å². The lowest BCUT2D eigenvalue weighted by atomic mass is 10.3. The second kappa shape index (κ2) is 7.89. The van der Waals surface area contributed by atoms with Crippen LogP contribution in [0.4, 0.5) is 20.4 Å². The summed E-state index contributed by atoms with van der Waals surface area (Å²) < 4.78 is 26.9. The van der Waals surface area contributed by atoms with Gasteiger partial charge in [-0.15, -0.1) is 0 Å². The maximum absolute atomic E-state index is 13.5. The van der Waals surface area contributed by atoms with Gasteiger partial charge >= 0.3 is 0 Å². The quantitative estimate of drug-likeness (QED) is 0.714. The van der Waals surface area contributed by atoms with E-state index in [2.05, 4.69) is 20.5 Å². The van der Waals surface area contributed by atoms with Crippen molar-refractivity contribution < 1.29 is 8.78 Å². The molecule has 0 amide bonds. The molecule has 0 aliphatic carbocycles. The fourth-order valence-corrected chi connectivity index (χ4v) is 1.64. The number of rotatable bonds is 8. The van der Waals surface area contributed by atoms with Gasteiger partial charge in [0.1, 0.15) is 0 Å². The summed E-state index contributed by atoms with van der Waals surface area (Å²) in [6.45, 7) is 3.98. The Kier molecular flexibility index (Phi) is 6.49. The highest BCUT2D eigenvalue weighted by atomic mass is 19.1. The molecule has 1 heterocycles. The van der Waals surface area contributed by atoms with Gasteiger partial charge in [-0.2, -0.15) is 0 Å². The normalized spacial score (nSPS) is 10.8. The van der Waals surface area contributed by atoms with Crippen molar-refractivity contribution >= 4 is 11.6 Å². The topological polar surface area (TPSA) is 40.2 Å². The maximum Gasteiger partial charge on any atom is 0.168 e. The first-order valence-electron chi connectivity index (χ1n) is 6.53. The van der Waals surface area contributed by atoms with Crippen molar-refractivity contribution in [3.63, 3.8) is 0 Å². The third-order valence-electron chi connectivity index (χ3n) is 2.60.